The highest BCUT2D eigenvalue weighted by Gasteiger charge is 2.18. The topological polar surface area (TPSA) is 27.7 Å². The van der Waals surface area contributed by atoms with E-state index >= 15 is 0 Å². The second-order valence-corrected chi connectivity index (χ2v) is 6.76. The smallest absolute Gasteiger partial charge is 0.200 e. The second-order valence-electron chi connectivity index (χ2n) is 5.81. The Morgan fingerprint density at radius 1 is 1.04 bits per heavy atom. The molecule has 3 heteroatoms. The van der Waals surface area contributed by atoms with Gasteiger partial charge in [0.1, 0.15) is 7.05 Å². The average molecular weight is 315 g/mol. The van der Waals surface area contributed by atoms with Crippen LogP contribution in [0.25, 0.3) is 32.1 Å². The Morgan fingerprint density at radius 2 is 1.91 bits per heavy atom. The van der Waals surface area contributed by atoms with Crippen LogP contribution in [-0.2, 0) is 7.05 Å². The molecule has 0 unspecified atom stereocenters. The van der Waals surface area contributed by atoms with E-state index in [0.717, 1.165) is 5.39 Å². The van der Waals surface area contributed by atoms with Gasteiger partial charge in [-0.3, -0.25) is 0 Å². The van der Waals surface area contributed by atoms with Gasteiger partial charge in [-0.2, -0.15) is 5.26 Å². The summed E-state index contributed by atoms with van der Waals surface area (Å²) in [4.78, 5) is 0. The summed E-state index contributed by atoms with van der Waals surface area (Å²) in [5.74, 6) is 0. The van der Waals surface area contributed by atoms with Gasteiger partial charge in [0.15, 0.2) is 6.20 Å². The second kappa shape index (κ2) is 5.19. The minimum Gasteiger partial charge on any atom is -0.200 e. The summed E-state index contributed by atoms with van der Waals surface area (Å²) in [5, 5.41) is 14.8. The van der Waals surface area contributed by atoms with Crippen molar-refractivity contribution in [3.8, 4) is 17.3 Å². The van der Waals surface area contributed by atoms with Gasteiger partial charge in [-0.05, 0) is 65.0 Å². The normalized spacial score (nSPS) is 11.0. The van der Waals surface area contributed by atoms with Crippen molar-refractivity contribution in [3.63, 3.8) is 0 Å². The number of aromatic nitrogens is 1. The van der Waals surface area contributed by atoms with Gasteiger partial charge in [-0.15, -0.1) is 11.3 Å². The number of rotatable bonds is 1. The van der Waals surface area contributed by atoms with E-state index in [1.165, 1.54) is 32.3 Å². The molecule has 0 radical (unpaired) electrons. The van der Waals surface area contributed by atoms with Crippen LogP contribution in [0.4, 0.5) is 0 Å². The fourth-order valence-electron chi connectivity index (χ4n) is 3.16. The molecule has 4 rings (SSSR count). The number of hydrogen-bond donors (Lipinski definition) is 0. The molecule has 0 spiro atoms. The standard InChI is InChI=1S/C20H15N2S/c1-13-9-16-6-8-23-19(16)11-18(13)20-17-4-3-14(12-21)10-15(17)5-7-22(20)2/h3-11H,1-2H3/q+1. The van der Waals surface area contributed by atoms with Crippen molar-refractivity contribution in [3.05, 3.63) is 65.2 Å². The Balaban J connectivity index is 2.08. The van der Waals surface area contributed by atoms with Crippen molar-refractivity contribution in [2.45, 2.75) is 6.92 Å². The molecule has 23 heavy (non-hydrogen) atoms. The molecular formula is C20H15N2S+. The van der Waals surface area contributed by atoms with E-state index in [4.69, 9.17) is 5.26 Å². The number of nitrogens with zero attached hydrogens (tertiary/aromatic N) is 2. The molecule has 0 atom stereocenters. The quantitative estimate of drug-likeness (QED) is 0.467. The zero-order valence-electron chi connectivity index (χ0n) is 13.0. The lowest BCUT2D eigenvalue weighted by Crippen LogP contribution is -2.30. The van der Waals surface area contributed by atoms with Gasteiger partial charge in [0, 0.05) is 10.8 Å². The fourth-order valence-corrected chi connectivity index (χ4v) is 3.97. The minimum atomic E-state index is 0.697. The Hall–Kier alpha value is -2.70. The first-order valence-corrected chi connectivity index (χ1v) is 8.36. The highest BCUT2D eigenvalue weighted by molar-refractivity contribution is 7.17. The molecule has 0 aliphatic rings. The van der Waals surface area contributed by atoms with Gasteiger partial charge in [-0.1, -0.05) is 0 Å². The Kier molecular flexibility index (Phi) is 3.14. The number of pyridine rings is 1. The first kappa shape index (κ1) is 13.9. The van der Waals surface area contributed by atoms with Crippen molar-refractivity contribution in [1.29, 1.82) is 5.26 Å². The molecule has 4 aromatic rings. The molecule has 2 aromatic heterocycles. The molecule has 0 saturated heterocycles. The van der Waals surface area contributed by atoms with Crippen LogP contribution in [-0.4, -0.2) is 0 Å². The summed E-state index contributed by atoms with van der Waals surface area (Å²) in [5.41, 5.74) is 4.41. The molecule has 110 valence electrons. The van der Waals surface area contributed by atoms with Crippen molar-refractivity contribution >= 4 is 32.2 Å². The predicted octanol–water partition coefficient (Wildman–Crippen LogP) is 4.73. The summed E-state index contributed by atoms with van der Waals surface area (Å²) >= 11 is 1.77. The first-order chi connectivity index (χ1) is 11.2. The van der Waals surface area contributed by atoms with E-state index in [1.54, 1.807) is 11.3 Å². The summed E-state index contributed by atoms with van der Waals surface area (Å²) in [6.07, 6.45) is 2.07. The van der Waals surface area contributed by atoms with Crippen molar-refractivity contribution in [2.75, 3.05) is 0 Å². The molecule has 2 heterocycles. The summed E-state index contributed by atoms with van der Waals surface area (Å²) in [6, 6.07) is 16.9. The predicted molar refractivity (Wildman–Crippen MR) is 95.4 cm³/mol. The van der Waals surface area contributed by atoms with Gasteiger partial charge in [-0.25, -0.2) is 4.57 Å². The molecule has 0 aliphatic carbocycles. The Labute approximate surface area is 138 Å². The largest absolute Gasteiger partial charge is 0.220 e. The third-order valence-electron chi connectivity index (χ3n) is 4.32. The maximum absolute atomic E-state index is 9.12. The molecule has 0 aliphatic heterocycles. The number of benzene rings is 2. The first-order valence-electron chi connectivity index (χ1n) is 7.48. The van der Waals surface area contributed by atoms with Crippen molar-refractivity contribution < 1.29 is 4.57 Å². The molecule has 0 amide bonds. The summed E-state index contributed by atoms with van der Waals surface area (Å²) in [7, 11) is 2.07. The van der Waals surface area contributed by atoms with Crippen LogP contribution in [0.15, 0.2) is 54.0 Å². The lowest BCUT2D eigenvalue weighted by molar-refractivity contribution is -0.659. The molecule has 0 N–H and O–H groups in total. The van der Waals surface area contributed by atoms with Gasteiger partial charge >= 0.3 is 0 Å². The van der Waals surface area contributed by atoms with Crippen LogP contribution in [0.3, 0.4) is 0 Å². The van der Waals surface area contributed by atoms with Crippen molar-refractivity contribution in [2.24, 2.45) is 7.05 Å². The number of nitriles is 1. The third kappa shape index (κ3) is 2.19. The lowest BCUT2D eigenvalue weighted by Gasteiger charge is -2.08. The highest BCUT2D eigenvalue weighted by Crippen LogP contribution is 2.33. The van der Waals surface area contributed by atoms with Gasteiger partial charge < -0.3 is 0 Å². The molecule has 0 saturated carbocycles. The Morgan fingerprint density at radius 3 is 2.74 bits per heavy atom. The summed E-state index contributed by atoms with van der Waals surface area (Å²) < 4.78 is 3.46. The maximum Gasteiger partial charge on any atom is 0.220 e. The fraction of sp³-hybridized carbons (Fsp3) is 0.100. The van der Waals surface area contributed by atoms with Gasteiger partial charge in [0.2, 0.25) is 5.69 Å². The SMILES string of the molecule is Cc1cc2ccsc2cc1-c1c2ccc(C#N)cc2cc[n+]1C. The number of fused-ring (bicyclic) bond motifs is 2. The van der Waals surface area contributed by atoms with E-state index in [1.807, 2.05) is 12.1 Å². The lowest BCUT2D eigenvalue weighted by atomic mass is 9.98. The highest BCUT2D eigenvalue weighted by atomic mass is 32.1. The van der Waals surface area contributed by atoms with Gasteiger partial charge in [0.05, 0.1) is 22.6 Å². The molecule has 0 bridgehead atoms. The molecular weight excluding hydrogens is 300 g/mol. The van der Waals surface area contributed by atoms with Crippen LogP contribution in [0.5, 0.6) is 0 Å². The number of thiophene rings is 1. The van der Waals surface area contributed by atoms with E-state index in [-0.39, 0.29) is 0 Å². The number of aryl methyl sites for hydroxylation is 2. The van der Waals surface area contributed by atoms with E-state index in [9.17, 15) is 0 Å². The van der Waals surface area contributed by atoms with Gasteiger partial charge in [0.25, 0.3) is 0 Å². The van der Waals surface area contributed by atoms with Crippen molar-refractivity contribution in [1.82, 2.24) is 0 Å². The van der Waals surface area contributed by atoms with E-state index in [0.29, 0.717) is 5.56 Å². The summed E-state index contributed by atoms with van der Waals surface area (Å²) in [6.45, 7) is 2.16. The minimum absolute atomic E-state index is 0.697. The Bertz CT molecular complexity index is 1100. The van der Waals surface area contributed by atoms with Crippen LogP contribution in [0.1, 0.15) is 11.1 Å². The molecule has 2 nitrogen and oxygen atoms in total. The van der Waals surface area contributed by atoms with E-state index < -0.39 is 0 Å². The third-order valence-corrected chi connectivity index (χ3v) is 5.20. The van der Waals surface area contributed by atoms with E-state index in [2.05, 4.69) is 66.5 Å². The zero-order valence-corrected chi connectivity index (χ0v) is 13.8. The maximum atomic E-state index is 9.12. The molecule has 0 fully saturated rings. The number of hydrogen-bond acceptors (Lipinski definition) is 2. The van der Waals surface area contributed by atoms with Crippen LogP contribution in [0, 0.1) is 18.3 Å². The molecule has 2 aromatic carbocycles. The monoisotopic (exact) mass is 315 g/mol. The van der Waals surface area contributed by atoms with Crippen LogP contribution in [0.2, 0.25) is 0 Å². The van der Waals surface area contributed by atoms with Crippen LogP contribution >= 0.6 is 11.3 Å². The average Bonchev–Trinajstić information content (AvgIpc) is 3.01. The zero-order chi connectivity index (χ0) is 16.0. The van der Waals surface area contributed by atoms with Crippen LogP contribution < -0.4 is 4.57 Å².